The Morgan fingerprint density at radius 2 is 2.08 bits per heavy atom. The molecule has 1 atom stereocenters. The Kier molecular flexibility index (Phi) is 5.43. The van der Waals surface area contributed by atoms with Gasteiger partial charge in [0.15, 0.2) is 0 Å². The van der Waals surface area contributed by atoms with Crippen LogP contribution in [0.4, 0.5) is 0 Å². The number of carbonyl (C=O) groups excluding carboxylic acids is 1. The fraction of sp³-hybridized carbons (Fsp3) is 0.300. The summed E-state index contributed by atoms with van der Waals surface area (Å²) in [6.45, 7) is 1.97. The van der Waals surface area contributed by atoms with E-state index >= 15 is 0 Å². The van der Waals surface area contributed by atoms with Gasteiger partial charge in [-0.25, -0.2) is 4.98 Å². The van der Waals surface area contributed by atoms with Gasteiger partial charge >= 0.3 is 0 Å². The molecule has 0 bridgehead atoms. The molecule has 2 aromatic heterocycles. The molecule has 0 saturated carbocycles. The largest absolute Gasteiger partial charge is 0.376 e. The number of amides is 1. The lowest BCUT2D eigenvalue weighted by Gasteiger charge is -2.25. The molecule has 0 radical (unpaired) electrons. The molecule has 134 valence electrons. The number of ether oxygens (including phenoxy) is 1. The Labute approximate surface area is 161 Å². The van der Waals surface area contributed by atoms with Crippen LogP contribution in [-0.2, 0) is 11.3 Å². The number of thiazole rings is 1. The Morgan fingerprint density at radius 1 is 1.19 bits per heavy atom. The predicted molar refractivity (Wildman–Crippen MR) is 106 cm³/mol. The first-order valence-electron chi connectivity index (χ1n) is 8.74. The number of thiophene rings is 1. The van der Waals surface area contributed by atoms with Crippen molar-refractivity contribution in [2.24, 2.45) is 0 Å². The van der Waals surface area contributed by atoms with E-state index in [1.54, 1.807) is 11.3 Å². The number of rotatable bonds is 6. The number of hydrogen-bond donors (Lipinski definition) is 0. The van der Waals surface area contributed by atoms with Gasteiger partial charge in [-0.3, -0.25) is 4.79 Å². The van der Waals surface area contributed by atoms with Crippen molar-refractivity contribution in [3.8, 4) is 9.88 Å². The van der Waals surface area contributed by atoms with Crippen LogP contribution >= 0.6 is 22.7 Å². The van der Waals surface area contributed by atoms with Gasteiger partial charge < -0.3 is 9.64 Å². The topological polar surface area (TPSA) is 42.4 Å². The van der Waals surface area contributed by atoms with Crippen molar-refractivity contribution < 1.29 is 9.53 Å². The molecule has 3 aromatic rings. The van der Waals surface area contributed by atoms with E-state index in [4.69, 9.17) is 4.74 Å². The summed E-state index contributed by atoms with van der Waals surface area (Å²) in [5.74, 6) is -0.0246. The fourth-order valence-electron chi connectivity index (χ4n) is 3.10. The summed E-state index contributed by atoms with van der Waals surface area (Å²) >= 11 is 3.16. The van der Waals surface area contributed by atoms with Gasteiger partial charge in [0.25, 0.3) is 5.91 Å². The third kappa shape index (κ3) is 4.03. The first kappa shape index (κ1) is 17.4. The van der Waals surface area contributed by atoms with Crippen molar-refractivity contribution in [2.45, 2.75) is 25.5 Å². The third-order valence-electron chi connectivity index (χ3n) is 4.41. The van der Waals surface area contributed by atoms with Gasteiger partial charge in [0.05, 0.1) is 11.0 Å². The van der Waals surface area contributed by atoms with E-state index in [1.165, 1.54) is 11.3 Å². The van der Waals surface area contributed by atoms with Crippen molar-refractivity contribution in [1.82, 2.24) is 9.88 Å². The molecule has 1 aromatic carbocycles. The van der Waals surface area contributed by atoms with Gasteiger partial charge in [0.2, 0.25) is 0 Å². The van der Waals surface area contributed by atoms with E-state index in [-0.39, 0.29) is 12.0 Å². The summed E-state index contributed by atoms with van der Waals surface area (Å²) in [4.78, 5) is 20.7. The summed E-state index contributed by atoms with van der Waals surface area (Å²) in [5, 5.41) is 4.79. The quantitative estimate of drug-likeness (QED) is 0.619. The van der Waals surface area contributed by atoms with E-state index in [2.05, 4.69) is 4.98 Å². The van der Waals surface area contributed by atoms with E-state index in [0.29, 0.717) is 18.8 Å². The average molecular weight is 385 g/mol. The standard InChI is InChI=1S/C20H20N2O2S2/c23-20(17-14-26-19(21-17)18-9-5-11-25-18)22(13-16-8-4-10-24-16)12-15-6-2-1-3-7-15/h1-3,5-7,9,11,14,16H,4,8,10,12-13H2/t16-/m1/s1. The molecule has 1 fully saturated rings. The van der Waals surface area contributed by atoms with Crippen molar-refractivity contribution in [3.63, 3.8) is 0 Å². The van der Waals surface area contributed by atoms with Crippen molar-refractivity contribution in [2.75, 3.05) is 13.2 Å². The summed E-state index contributed by atoms with van der Waals surface area (Å²) in [6.07, 6.45) is 2.20. The molecule has 0 N–H and O–H groups in total. The van der Waals surface area contributed by atoms with E-state index < -0.39 is 0 Å². The molecule has 3 heterocycles. The van der Waals surface area contributed by atoms with Crippen LogP contribution in [0, 0.1) is 0 Å². The summed E-state index contributed by atoms with van der Waals surface area (Å²) in [6, 6.07) is 14.1. The highest BCUT2D eigenvalue weighted by Crippen LogP contribution is 2.28. The third-order valence-corrected chi connectivity index (χ3v) is 6.29. The Morgan fingerprint density at radius 3 is 2.81 bits per heavy atom. The highest BCUT2D eigenvalue weighted by atomic mass is 32.1. The molecule has 1 amide bonds. The smallest absolute Gasteiger partial charge is 0.273 e. The summed E-state index contributed by atoms with van der Waals surface area (Å²) < 4.78 is 5.76. The average Bonchev–Trinajstić information content (AvgIpc) is 3.42. The van der Waals surface area contributed by atoms with Crippen molar-refractivity contribution in [3.05, 3.63) is 64.5 Å². The first-order valence-corrected chi connectivity index (χ1v) is 10.5. The van der Waals surface area contributed by atoms with Crippen LogP contribution in [0.5, 0.6) is 0 Å². The second-order valence-corrected chi connectivity index (χ2v) is 8.13. The van der Waals surface area contributed by atoms with E-state index in [0.717, 1.165) is 34.9 Å². The highest BCUT2D eigenvalue weighted by Gasteiger charge is 2.25. The van der Waals surface area contributed by atoms with Gasteiger partial charge in [0, 0.05) is 25.1 Å². The van der Waals surface area contributed by atoms with E-state index in [1.807, 2.05) is 58.1 Å². The van der Waals surface area contributed by atoms with Crippen LogP contribution in [0.15, 0.2) is 53.2 Å². The number of nitrogens with zero attached hydrogens (tertiary/aromatic N) is 2. The van der Waals surface area contributed by atoms with Gasteiger partial charge in [0.1, 0.15) is 10.7 Å². The minimum Gasteiger partial charge on any atom is -0.376 e. The normalized spacial score (nSPS) is 16.7. The molecular formula is C20H20N2O2S2. The Balaban J connectivity index is 1.54. The maximum atomic E-state index is 13.1. The Bertz CT molecular complexity index is 840. The van der Waals surface area contributed by atoms with Gasteiger partial charge in [-0.1, -0.05) is 36.4 Å². The predicted octanol–water partition coefficient (Wildman–Crippen LogP) is 4.69. The van der Waals surface area contributed by atoms with Crippen LogP contribution in [0.2, 0.25) is 0 Å². The molecule has 1 aliphatic rings. The van der Waals surface area contributed by atoms with Gasteiger partial charge in [-0.15, -0.1) is 22.7 Å². The summed E-state index contributed by atoms with van der Waals surface area (Å²) in [7, 11) is 0. The SMILES string of the molecule is O=C(c1csc(-c2cccs2)n1)N(Cc1ccccc1)C[C@H]1CCCO1. The minimum absolute atomic E-state index is 0.0246. The second-order valence-electron chi connectivity index (χ2n) is 6.32. The Hall–Kier alpha value is -2.02. The van der Waals surface area contributed by atoms with Gasteiger partial charge in [-0.05, 0) is 29.9 Å². The molecule has 1 saturated heterocycles. The zero-order valence-corrected chi connectivity index (χ0v) is 16.0. The van der Waals surface area contributed by atoms with E-state index in [9.17, 15) is 4.79 Å². The van der Waals surface area contributed by atoms with Crippen LogP contribution in [0.25, 0.3) is 9.88 Å². The first-order chi connectivity index (χ1) is 12.8. The zero-order valence-electron chi connectivity index (χ0n) is 14.3. The molecule has 0 aliphatic carbocycles. The number of aromatic nitrogens is 1. The molecule has 0 spiro atoms. The molecule has 6 heteroatoms. The maximum Gasteiger partial charge on any atom is 0.273 e. The molecule has 26 heavy (non-hydrogen) atoms. The fourth-order valence-corrected chi connectivity index (χ4v) is 4.71. The lowest BCUT2D eigenvalue weighted by Crippen LogP contribution is -2.37. The summed E-state index contributed by atoms with van der Waals surface area (Å²) in [5.41, 5.74) is 1.64. The lowest BCUT2D eigenvalue weighted by atomic mass is 10.1. The van der Waals surface area contributed by atoms with Crippen LogP contribution < -0.4 is 0 Å². The van der Waals surface area contributed by atoms with Crippen molar-refractivity contribution in [1.29, 1.82) is 0 Å². The molecule has 4 nitrogen and oxygen atoms in total. The number of hydrogen-bond acceptors (Lipinski definition) is 5. The molecule has 0 unspecified atom stereocenters. The monoisotopic (exact) mass is 384 g/mol. The zero-order chi connectivity index (χ0) is 17.8. The van der Waals surface area contributed by atoms with Gasteiger partial charge in [-0.2, -0.15) is 0 Å². The molecule has 4 rings (SSSR count). The number of benzene rings is 1. The maximum absolute atomic E-state index is 13.1. The number of carbonyl (C=O) groups is 1. The highest BCUT2D eigenvalue weighted by molar-refractivity contribution is 7.20. The van der Waals surface area contributed by atoms with Crippen LogP contribution in [0.3, 0.4) is 0 Å². The lowest BCUT2D eigenvalue weighted by molar-refractivity contribution is 0.0503. The van der Waals surface area contributed by atoms with Crippen LogP contribution in [-0.4, -0.2) is 35.0 Å². The van der Waals surface area contributed by atoms with Crippen molar-refractivity contribution >= 4 is 28.6 Å². The molecule has 1 aliphatic heterocycles. The molecular weight excluding hydrogens is 364 g/mol. The van der Waals surface area contributed by atoms with Crippen LogP contribution in [0.1, 0.15) is 28.9 Å². The second kappa shape index (κ2) is 8.12. The minimum atomic E-state index is -0.0246.